The fourth-order valence-corrected chi connectivity index (χ4v) is 4.65. The predicted molar refractivity (Wildman–Crippen MR) is 85.3 cm³/mol. The van der Waals surface area contributed by atoms with Gasteiger partial charge in [-0.15, -0.1) is 0 Å². The van der Waals surface area contributed by atoms with Crippen molar-refractivity contribution >= 4 is 31.5 Å². The third-order valence-corrected chi connectivity index (χ3v) is 5.75. The molecular formula is C14H13FN2O5S2. The maximum Gasteiger partial charge on any atom is 0.263 e. The van der Waals surface area contributed by atoms with E-state index < -0.39 is 42.0 Å². The second-order valence-electron chi connectivity index (χ2n) is 4.88. The lowest BCUT2D eigenvalue weighted by atomic mass is 10.2. The molecule has 0 saturated carbocycles. The largest absolute Gasteiger partial charge is 0.366 e. The molecule has 7 nitrogen and oxygen atoms in total. The van der Waals surface area contributed by atoms with Gasteiger partial charge in [-0.1, -0.05) is 12.1 Å². The van der Waals surface area contributed by atoms with Gasteiger partial charge in [-0.3, -0.25) is 9.52 Å². The topological polar surface area (TPSA) is 123 Å². The number of benzene rings is 2. The van der Waals surface area contributed by atoms with Gasteiger partial charge >= 0.3 is 0 Å². The summed E-state index contributed by atoms with van der Waals surface area (Å²) >= 11 is 0. The van der Waals surface area contributed by atoms with Crippen molar-refractivity contribution < 1.29 is 26.0 Å². The SMILES string of the molecule is CS(=O)(=O)c1ccccc1S(=O)(=O)Nc1ccc(F)c(C(N)=O)c1. The Morgan fingerprint density at radius 3 is 2.17 bits per heavy atom. The molecule has 2 rings (SSSR count). The molecule has 0 fully saturated rings. The first-order chi connectivity index (χ1) is 11.0. The summed E-state index contributed by atoms with van der Waals surface area (Å²) < 4.78 is 63.9. The lowest BCUT2D eigenvalue weighted by Crippen LogP contribution is -2.18. The molecule has 0 saturated heterocycles. The number of halogens is 1. The minimum Gasteiger partial charge on any atom is -0.366 e. The molecule has 0 aliphatic heterocycles. The highest BCUT2D eigenvalue weighted by Crippen LogP contribution is 2.24. The summed E-state index contributed by atoms with van der Waals surface area (Å²) in [6, 6.07) is 7.92. The van der Waals surface area contributed by atoms with Gasteiger partial charge < -0.3 is 5.73 Å². The lowest BCUT2D eigenvalue weighted by Gasteiger charge is -2.12. The van der Waals surface area contributed by atoms with Crippen molar-refractivity contribution in [3.05, 3.63) is 53.8 Å². The van der Waals surface area contributed by atoms with E-state index in [1.165, 1.54) is 12.1 Å². The third kappa shape index (κ3) is 3.71. The zero-order valence-corrected chi connectivity index (χ0v) is 14.0. The Kier molecular flexibility index (Phi) is 4.63. The average Bonchev–Trinajstić information content (AvgIpc) is 2.48. The monoisotopic (exact) mass is 372 g/mol. The number of carbonyl (C=O) groups is 1. The van der Waals surface area contributed by atoms with E-state index in [9.17, 15) is 26.0 Å². The van der Waals surface area contributed by atoms with Gasteiger partial charge in [-0.25, -0.2) is 21.2 Å². The summed E-state index contributed by atoms with van der Waals surface area (Å²) in [6.07, 6.45) is 0.879. The Balaban J connectivity index is 2.52. The molecular weight excluding hydrogens is 359 g/mol. The highest BCUT2D eigenvalue weighted by Gasteiger charge is 2.24. The molecule has 0 heterocycles. The van der Waals surface area contributed by atoms with Crippen LogP contribution in [0.3, 0.4) is 0 Å². The summed E-state index contributed by atoms with van der Waals surface area (Å²) in [5.41, 5.74) is 4.38. The second-order valence-corrected chi connectivity index (χ2v) is 8.52. The highest BCUT2D eigenvalue weighted by molar-refractivity contribution is 7.95. The quantitative estimate of drug-likeness (QED) is 0.814. The molecule has 128 valence electrons. The highest BCUT2D eigenvalue weighted by atomic mass is 32.2. The predicted octanol–water partition coefficient (Wildman–Crippen LogP) is 1.13. The molecule has 24 heavy (non-hydrogen) atoms. The maximum atomic E-state index is 13.4. The number of hydrogen-bond acceptors (Lipinski definition) is 5. The Morgan fingerprint density at radius 1 is 1.04 bits per heavy atom. The van der Waals surface area contributed by atoms with Crippen LogP contribution in [0.2, 0.25) is 0 Å². The van der Waals surface area contributed by atoms with Crippen LogP contribution < -0.4 is 10.5 Å². The number of hydrogen-bond donors (Lipinski definition) is 2. The van der Waals surface area contributed by atoms with Crippen LogP contribution in [-0.2, 0) is 19.9 Å². The molecule has 10 heteroatoms. The zero-order valence-electron chi connectivity index (χ0n) is 12.4. The van der Waals surface area contributed by atoms with Crippen molar-refractivity contribution in [2.75, 3.05) is 11.0 Å². The summed E-state index contributed by atoms with van der Waals surface area (Å²) in [5.74, 6) is -1.97. The Hall–Kier alpha value is -2.46. The summed E-state index contributed by atoms with van der Waals surface area (Å²) in [7, 11) is -8.08. The number of amides is 1. The summed E-state index contributed by atoms with van der Waals surface area (Å²) in [6.45, 7) is 0. The third-order valence-electron chi connectivity index (χ3n) is 3.02. The maximum absolute atomic E-state index is 13.4. The first-order valence-corrected chi connectivity index (χ1v) is 9.81. The first-order valence-electron chi connectivity index (χ1n) is 6.43. The number of rotatable bonds is 5. The molecule has 0 aromatic heterocycles. The van der Waals surface area contributed by atoms with Crippen molar-refractivity contribution in [1.29, 1.82) is 0 Å². The Bertz CT molecular complexity index is 1020. The summed E-state index contributed by atoms with van der Waals surface area (Å²) in [4.78, 5) is 10.3. The van der Waals surface area contributed by atoms with Crippen LogP contribution in [-0.4, -0.2) is 29.0 Å². The first kappa shape index (κ1) is 17.9. The molecule has 3 N–H and O–H groups in total. The van der Waals surface area contributed by atoms with Crippen LogP contribution >= 0.6 is 0 Å². The van der Waals surface area contributed by atoms with E-state index in [2.05, 4.69) is 4.72 Å². The number of primary amides is 1. The smallest absolute Gasteiger partial charge is 0.263 e. The number of sulfonamides is 1. The number of nitrogens with two attached hydrogens (primary N) is 1. The van der Waals surface area contributed by atoms with Crippen LogP contribution in [0, 0.1) is 5.82 Å². The van der Waals surface area contributed by atoms with Gasteiger partial charge in [0.2, 0.25) is 0 Å². The fraction of sp³-hybridized carbons (Fsp3) is 0.0714. The molecule has 0 aliphatic carbocycles. The molecule has 2 aromatic rings. The van der Waals surface area contributed by atoms with Gasteiger partial charge in [0, 0.05) is 11.9 Å². The van der Waals surface area contributed by atoms with Gasteiger partial charge in [0.05, 0.1) is 10.5 Å². The number of anilines is 1. The average molecular weight is 372 g/mol. The van der Waals surface area contributed by atoms with Crippen LogP contribution in [0.1, 0.15) is 10.4 Å². The van der Waals surface area contributed by atoms with E-state index in [-0.39, 0.29) is 10.6 Å². The van der Waals surface area contributed by atoms with E-state index in [0.717, 1.165) is 36.6 Å². The molecule has 0 radical (unpaired) electrons. The molecule has 0 atom stereocenters. The molecule has 0 spiro atoms. The normalized spacial score (nSPS) is 11.9. The fourth-order valence-electron chi connectivity index (χ4n) is 1.97. The van der Waals surface area contributed by atoms with Gasteiger partial charge in [0.15, 0.2) is 9.84 Å². The van der Waals surface area contributed by atoms with E-state index in [0.29, 0.717) is 0 Å². The molecule has 0 bridgehead atoms. The number of sulfone groups is 1. The van der Waals surface area contributed by atoms with E-state index >= 15 is 0 Å². The van der Waals surface area contributed by atoms with Gasteiger partial charge in [0.1, 0.15) is 10.7 Å². The minimum atomic E-state index is -4.29. The van der Waals surface area contributed by atoms with Gasteiger partial charge in [-0.2, -0.15) is 0 Å². The molecule has 1 amide bonds. The van der Waals surface area contributed by atoms with E-state index in [4.69, 9.17) is 5.73 Å². The minimum absolute atomic E-state index is 0.131. The van der Waals surface area contributed by atoms with E-state index in [1.54, 1.807) is 0 Å². The van der Waals surface area contributed by atoms with Crippen molar-refractivity contribution in [2.45, 2.75) is 9.79 Å². The number of carbonyl (C=O) groups excluding carboxylic acids is 1. The van der Waals surface area contributed by atoms with Crippen molar-refractivity contribution in [2.24, 2.45) is 5.73 Å². The zero-order chi connectivity index (χ0) is 18.1. The number of nitrogens with one attached hydrogen (secondary N) is 1. The van der Waals surface area contributed by atoms with Gasteiger partial charge in [-0.05, 0) is 30.3 Å². The molecule has 0 aliphatic rings. The van der Waals surface area contributed by atoms with Gasteiger partial charge in [0.25, 0.3) is 15.9 Å². The molecule has 2 aromatic carbocycles. The van der Waals surface area contributed by atoms with Crippen molar-refractivity contribution in [3.8, 4) is 0 Å². The molecule has 0 unspecified atom stereocenters. The van der Waals surface area contributed by atoms with Crippen LogP contribution in [0.25, 0.3) is 0 Å². The summed E-state index contributed by atoms with van der Waals surface area (Å²) in [5, 5.41) is 0. The van der Waals surface area contributed by atoms with Crippen LogP contribution in [0.15, 0.2) is 52.3 Å². The van der Waals surface area contributed by atoms with Crippen molar-refractivity contribution in [3.63, 3.8) is 0 Å². The van der Waals surface area contributed by atoms with E-state index in [1.807, 2.05) is 0 Å². The van der Waals surface area contributed by atoms with Crippen LogP contribution in [0.5, 0.6) is 0 Å². The Morgan fingerprint density at radius 2 is 1.62 bits per heavy atom. The second kappa shape index (κ2) is 6.21. The Labute approximate surface area is 138 Å². The van der Waals surface area contributed by atoms with Crippen molar-refractivity contribution in [1.82, 2.24) is 0 Å². The standard InChI is InChI=1S/C14H13FN2O5S2/c1-23(19,20)12-4-2-3-5-13(12)24(21,22)17-9-6-7-11(15)10(8-9)14(16)18/h2-8,17H,1H3,(H2,16,18). The van der Waals surface area contributed by atoms with Crippen LogP contribution in [0.4, 0.5) is 10.1 Å². The lowest BCUT2D eigenvalue weighted by molar-refractivity contribution is 0.0996.